The molecule has 0 aliphatic heterocycles. The lowest BCUT2D eigenvalue weighted by Gasteiger charge is -2.44. The van der Waals surface area contributed by atoms with Gasteiger partial charge in [-0.05, 0) is 52.9 Å². The van der Waals surface area contributed by atoms with Gasteiger partial charge in [0.05, 0.1) is 6.10 Å². The monoisotopic (exact) mass is 450 g/mol. The number of aliphatic hydroxyl groups is 1. The number of hydrogen-bond acceptors (Lipinski definition) is 2. The van der Waals surface area contributed by atoms with Gasteiger partial charge in [0.2, 0.25) is 0 Å². The second kappa shape index (κ2) is 11.4. The summed E-state index contributed by atoms with van der Waals surface area (Å²) in [5.41, 5.74) is 0. The normalized spacial score (nSPS) is 22.0. The smallest absolute Gasteiger partial charge is 0.261 e. The van der Waals surface area contributed by atoms with Crippen LogP contribution in [0.2, 0.25) is 5.04 Å². The maximum atomic E-state index is 10.7. The molecule has 0 bridgehead atoms. The molecule has 2 aromatic carbocycles. The highest BCUT2D eigenvalue weighted by molar-refractivity contribution is 6.99. The van der Waals surface area contributed by atoms with Crippen molar-refractivity contribution in [3.05, 3.63) is 72.8 Å². The Kier molecular flexibility index (Phi) is 8.92. The van der Waals surface area contributed by atoms with Crippen LogP contribution in [0.5, 0.6) is 0 Å². The highest BCUT2D eigenvalue weighted by Gasteiger charge is 2.51. The molecule has 0 unspecified atom stereocenters. The van der Waals surface area contributed by atoms with Crippen LogP contribution >= 0.6 is 0 Å². The molecule has 0 spiro atoms. The molecule has 0 aromatic heterocycles. The molecule has 0 amide bonds. The molecule has 3 rings (SSSR count). The second-order valence-electron chi connectivity index (χ2n) is 10.4. The SMILES string of the molecule is CCCC/C=C\C[C@@H]1[C@@H](CO[Si](c2ccccc2)(c2ccccc2)C(C)(C)C)CC[C@@H]1O. The first-order valence-electron chi connectivity index (χ1n) is 12.5. The number of rotatable bonds is 10. The van der Waals surface area contributed by atoms with Gasteiger partial charge in [0.1, 0.15) is 0 Å². The lowest BCUT2D eigenvalue weighted by molar-refractivity contribution is 0.102. The van der Waals surface area contributed by atoms with Crippen LogP contribution in [-0.4, -0.2) is 26.1 Å². The zero-order chi connectivity index (χ0) is 23.0. The van der Waals surface area contributed by atoms with E-state index in [2.05, 4.69) is 101 Å². The van der Waals surface area contributed by atoms with Crippen LogP contribution in [0.3, 0.4) is 0 Å². The van der Waals surface area contributed by atoms with E-state index >= 15 is 0 Å². The molecule has 0 heterocycles. The molecular weight excluding hydrogens is 408 g/mol. The van der Waals surface area contributed by atoms with Crippen LogP contribution in [0.4, 0.5) is 0 Å². The maximum absolute atomic E-state index is 10.7. The number of benzene rings is 2. The summed E-state index contributed by atoms with van der Waals surface area (Å²) in [7, 11) is -2.52. The molecule has 0 saturated heterocycles. The molecule has 0 radical (unpaired) electrons. The fourth-order valence-electron chi connectivity index (χ4n) is 5.37. The molecule has 1 aliphatic rings. The van der Waals surface area contributed by atoms with Gasteiger partial charge in [0, 0.05) is 6.61 Å². The average Bonchev–Trinajstić information content (AvgIpc) is 3.14. The minimum absolute atomic E-state index is 0.0114. The number of allylic oxidation sites excluding steroid dienone is 2. The molecule has 1 saturated carbocycles. The Labute approximate surface area is 196 Å². The third kappa shape index (κ3) is 5.62. The molecule has 1 N–H and O–H groups in total. The van der Waals surface area contributed by atoms with Gasteiger partial charge in [-0.3, -0.25) is 0 Å². The van der Waals surface area contributed by atoms with Gasteiger partial charge in [0.25, 0.3) is 8.32 Å². The van der Waals surface area contributed by atoms with E-state index in [0.29, 0.717) is 11.8 Å². The van der Waals surface area contributed by atoms with Gasteiger partial charge in [-0.2, -0.15) is 0 Å². The van der Waals surface area contributed by atoms with Crippen molar-refractivity contribution < 1.29 is 9.53 Å². The summed E-state index contributed by atoms with van der Waals surface area (Å²) in [6.07, 6.45) is 10.9. The van der Waals surface area contributed by atoms with Gasteiger partial charge in [-0.25, -0.2) is 0 Å². The summed E-state index contributed by atoms with van der Waals surface area (Å²) in [5, 5.41) is 13.4. The fourth-order valence-corrected chi connectivity index (χ4v) is 9.99. The van der Waals surface area contributed by atoms with E-state index in [4.69, 9.17) is 4.43 Å². The van der Waals surface area contributed by atoms with Gasteiger partial charge >= 0.3 is 0 Å². The van der Waals surface area contributed by atoms with E-state index in [9.17, 15) is 5.11 Å². The molecule has 1 fully saturated rings. The van der Waals surface area contributed by atoms with Crippen LogP contribution in [0.25, 0.3) is 0 Å². The summed E-state index contributed by atoms with van der Waals surface area (Å²) in [4.78, 5) is 0. The van der Waals surface area contributed by atoms with Crippen molar-refractivity contribution in [1.29, 1.82) is 0 Å². The van der Waals surface area contributed by atoms with Gasteiger partial charge < -0.3 is 9.53 Å². The summed E-state index contributed by atoms with van der Waals surface area (Å²) in [6.45, 7) is 9.94. The van der Waals surface area contributed by atoms with Crippen LogP contribution < -0.4 is 10.4 Å². The second-order valence-corrected chi connectivity index (χ2v) is 14.7. The van der Waals surface area contributed by atoms with Gasteiger partial charge in [0.15, 0.2) is 0 Å². The Balaban J connectivity index is 1.86. The highest BCUT2D eigenvalue weighted by Crippen LogP contribution is 2.40. The van der Waals surface area contributed by atoms with E-state index in [0.717, 1.165) is 32.3 Å². The lowest BCUT2D eigenvalue weighted by atomic mass is 9.92. The first kappa shape index (κ1) is 24.9. The van der Waals surface area contributed by atoms with E-state index in [-0.39, 0.29) is 11.1 Å². The summed E-state index contributed by atoms with van der Waals surface area (Å²) < 4.78 is 7.18. The summed E-state index contributed by atoms with van der Waals surface area (Å²) in [5.74, 6) is 0.702. The van der Waals surface area contributed by atoms with Gasteiger partial charge in [-0.15, -0.1) is 0 Å². The molecule has 32 heavy (non-hydrogen) atoms. The van der Waals surface area contributed by atoms with Crippen LogP contribution in [-0.2, 0) is 4.43 Å². The van der Waals surface area contributed by atoms with Crippen molar-refractivity contribution in [3.63, 3.8) is 0 Å². The topological polar surface area (TPSA) is 29.5 Å². The molecule has 2 aromatic rings. The molecule has 2 nitrogen and oxygen atoms in total. The third-order valence-electron chi connectivity index (χ3n) is 7.16. The van der Waals surface area contributed by atoms with Gasteiger partial charge in [-0.1, -0.05) is 113 Å². The van der Waals surface area contributed by atoms with Crippen molar-refractivity contribution in [3.8, 4) is 0 Å². The predicted molar refractivity (Wildman–Crippen MR) is 139 cm³/mol. The average molecular weight is 451 g/mol. The van der Waals surface area contributed by atoms with Crippen molar-refractivity contribution in [1.82, 2.24) is 0 Å². The Hall–Kier alpha value is -1.68. The summed E-state index contributed by atoms with van der Waals surface area (Å²) >= 11 is 0. The third-order valence-corrected chi connectivity index (χ3v) is 12.2. The van der Waals surface area contributed by atoms with E-state index in [1.807, 2.05) is 0 Å². The van der Waals surface area contributed by atoms with E-state index in [1.165, 1.54) is 23.2 Å². The van der Waals surface area contributed by atoms with Crippen LogP contribution in [0.1, 0.15) is 66.2 Å². The Bertz CT molecular complexity index is 786. The number of hydrogen-bond donors (Lipinski definition) is 1. The highest BCUT2D eigenvalue weighted by atomic mass is 28.4. The Morgan fingerprint density at radius 1 is 0.938 bits per heavy atom. The predicted octanol–water partition coefficient (Wildman–Crippen LogP) is 6.09. The fraction of sp³-hybridized carbons (Fsp3) is 0.517. The molecule has 1 aliphatic carbocycles. The molecule has 3 heteroatoms. The Morgan fingerprint density at radius 3 is 2.06 bits per heavy atom. The molecular formula is C29H42O2Si. The van der Waals surface area contributed by atoms with E-state index < -0.39 is 8.32 Å². The standard InChI is InChI=1S/C29H42O2Si/c1-5-6-7-8-15-20-27-24(21-22-28(27)30)23-31-32(29(2,3)4,25-16-11-9-12-17-25)26-18-13-10-14-19-26/h8-19,24,27-28,30H,5-7,20-23H2,1-4H3/b15-8-/t24-,27-,28+/m1/s1. The van der Waals surface area contributed by atoms with Crippen molar-refractivity contribution in [2.45, 2.75) is 77.4 Å². The van der Waals surface area contributed by atoms with Crippen molar-refractivity contribution in [2.75, 3.05) is 6.61 Å². The zero-order valence-electron chi connectivity index (χ0n) is 20.5. The first-order valence-corrected chi connectivity index (χ1v) is 14.4. The first-order chi connectivity index (χ1) is 15.4. The largest absolute Gasteiger partial charge is 0.407 e. The maximum Gasteiger partial charge on any atom is 0.261 e. The molecule has 3 atom stereocenters. The summed E-state index contributed by atoms with van der Waals surface area (Å²) in [6, 6.07) is 21.7. The van der Waals surface area contributed by atoms with E-state index in [1.54, 1.807) is 0 Å². The van der Waals surface area contributed by atoms with Crippen LogP contribution in [0, 0.1) is 11.8 Å². The number of unbranched alkanes of at least 4 members (excludes halogenated alkanes) is 2. The van der Waals surface area contributed by atoms with Crippen molar-refractivity contribution >= 4 is 18.7 Å². The lowest BCUT2D eigenvalue weighted by Crippen LogP contribution is -2.67. The number of aliphatic hydroxyl groups excluding tert-OH is 1. The van der Waals surface area contributed by atoms with Crippen molar-refractivity contribution in [2.24, 2.45) is 11.8 Å². The zero-order valence-corrected chi connectivity index (χ0v) is 21.5. The minimum atomic E-state index is -2.52. The van der Waals surface area contributed by atoms with Crippen LogP contribution in [0.15, 0.2) is 72.8 Å². The quantitative estimate of drug-likeness (QED) is 0.270. The Morgan fingerprint density at radius 2 is 1.53 bits per heavy atom. The minimum Gasteiger partial charge on any atom is -0.407 e. The molecule has 174 valence electrons.